The molecule has 0 spiro atoms. The Morgan fingerprint density at radius 3 is 2.67 bits per heavy atom. The van der Waals surface area contributed by atoms with Gasteiger partial charge in [-0.05, 0) is 37.5 Å². The maximum atomic E-state index is 11.0. The standard InChI is InChI=1S/C14H18O3S/c1-10-4-5-11(8-12(10)13(15)16)18-9-14(17)6-2-3-7-14/h4-5,8,17H,2-3,6-7,9H2,1H3,(H,15,16). The first kappa shape index (κ1) is 13.4. The van der Waals surface area contributed by atoms with Gasteiger partial charge in [-0.2, -0.15) is 0 Å². The molecule has 1 aromatic carbocycles. The molecule has 1 fully saturated rings. The number of carboxylic acids is 1. The van der Waals surface area contributed by atoms with E-state index in [1.807, 2.05) is 12.1 Å². The number of thioether (sulfide) groups is 1. The number of aryl methyl sites for hydroxylation is 1. The van der Waals surface area contributed by atoms with Crippen molar-refractivity contribution in [3.8, 4) is 0 Å². The number of hydrogen-bond acceptors (Lipinski definition) is 3. The van der Waals surface area contributed by atoms with Crippen LogP contribution in [0, 0.1) is 6.92 Å². The quantitative estimate of drug-likeness (QED) is 0.822. The summed E-state index contributed by atoms with van der Waals surface area (Å²) < 4.78 is 0. The van der Waals surface area contributed by atoms with E-state index in [0.717, 1.165) is 36.1 Å². The van der Waals surface area contributed by atoms with Crippen LogP contribution in [0.5, 0.6) is 0 Å². The summed E-state index contributed by atoms with van der Waals surface area (Å²) >= 11 is 1.54. The van der Waals surface area contributed by atoms with Gasteiger partial charge in [-0.3, -0.25) is 0 Å². The average molecular weight is 266 g/mol. The second-order valence-electron chi connectivity index (χ2n) is 5.00. The van der Waals surface area contributed by atoms with Crippen LogP contribution >= 0.6 is 11.8 Å². The van der Waals surface area contributed by atoms with Crippen molar-refractivity contribution in [3.05, 3.63) is 29.3 Å². The van der Waals surface area contributed by atoms with Gasteiger partial charge in [-0.15, -0.1) is 11.8 Å². The van der Waals surface area contributed by atoms with Crippen LogP contribution in [0.1, 0.15) is 41.6 Å². The lowest BCUT2D eigenvalue weighted by Gasteiger charge is -2.21. The van der Waals surface area contributed by atoms with Crippen molar-refractivity contribution in [2.45, 2.75) is 43.1 Å². The topological polar surface area (TPSA) is 57.5 Å². The fourth-order valence-corrected chi connectivity index (χ4v) is 3.41. The highest BCUT2D eigenvalue weighted by atomic mass is 32.2. The number of aromatic carboxylic acids is 1. The molecule has 0 heterocycles. The molecule has 0 aliphatic heterocycles. The summed E-state index contributed by atoms with van der Waals surface area (Å²) in [6, 6.07) is 5.44. The summed E-state index contributed by atoms with van der Waals surface area (Å²) in [5, 5.41) is 19.3. The van der Waals surface area contributed by atoms with Crippen LogP contribution in [0.3, 0.4) is 0 Å². The number of aliphatic hydroxyl groups is 1. The molecule has 98 valence electrons. The van der Waals surface area contributed by atoms with Crippen LogP contribution < -0.4 is 0 Å². The third-order valence-corrected chi connectivity index (χ3v) is 4.75. The summed E-state index contributed by atoms with van der Waals surface area (Å²) in [4.78, 5) is 12.0. The largest absolute Gasteiger partial charge is 0.478 e. The van der Waals surface area contributed by atoms with E-state index in [4.69, 9.17) is 5.11 Å². The van der Waals surface area contributed by atoms with Crippen molar-refractivity contribution in [1.29, 1.82) is 0 Å². The predicted octanol–water partition coefficient (Wildman–Crippen LogP) is 3.09. The highest BCUT2D eigenvalue weighted by molar-refractivity contribution is 7.99. The predicted molar refractivity (Wildman–Crippen MR) is 72.3 cm³/mol. The van der Waals surface area contributed by atoms with Gasteiger partial charge in [-0.25, -0.2) is 4.79 Å². The molecule has 4 heteroatoms. The van der Waals surface area contributed by atoms with Gasteiger partial charge in [0, 0.05) is 10.6 Å². The van der Waals surface area contributed by atoms with Crippen LogP contribution in [-0.2, 0) is 0 Å². The lowest BCUT2D eigenvalue weighted by Crippen LogP contribution is -2.27. The number of carbonyl (C=O) groups is 1. The minimum absolute atomic E-state index is 0.346. The van der Waals surface area contributed by atoms with Gasteiger partial charge in [0.15, 0.2) is 0 Å². The number of rotatable bonds is 4. The minimum atomic E-state index is -0.894. The summed E-state index contributed by atoms with van der Waals surface area (Å²) in [5.41, 5.74) is 0.559. The van der Waals surface area contributed by atoms with Crippen molar-refractivity contribution in [3.63, 3.8) is 0 Å². The van der Waals surface area contributed by atoms with Crippen LogP contribution in [0.15, 0.2) is 23.1 Å². The molecule has 1 saturated carbocycles. The van der Waals surface area contributed by atoms with E-state index in [2.05, 4.69) is 0 Å². The van der Waals surface area contributed by atoms with E-state index in [-0.39, 0.29) is 0 Å². The normalized spacial score (nSPS) is 17.9. The monoisotopic (exact) mass is 266 g/mol. The van der Waals surface area contributed by atoms with Gasteiger partial charge >= 0.3 is 5.97 Å². The Morgan fingerprint density at radius 1 is 1.39 bits per heavy atom. The molecular formula is C14H18O3S. The van der Waals surface area contributed by atoms with Gasteiger partial charge < -0.3 is 10.2 Å². The second kappa shape index (κ2) is 5.33. The van der Waals surface area contributed by atoms with E-state index < -0.39 is 11.6 Å². The third kappa shape index (κ3) is 3.06. The molecule has 0 saturated heterocycles. The van der Waals surface area contributed by atoms with Gasteiger partial charge in [0.2, 0.25) is 0 Å². The Hall–Kier alpha value is -1.00. The molecule has 0 amide bonds. The molecule has 1 aliphatic rings. The maximum absolute atomic E-state index is 11.0. The number of carboxylic acid groups (broad SMARTS) is 1. The third-order valence-electron chi connectivity index (χ3n) is 3.48. The van der Waals surface area contributed by atoms with Crippen LogP contribution in [0.4, 0.5) is 0 Å². The molecule has 2 N–H and O–H groups in total. The Morgan fingerprint density at radius 2 is 2.06 bits per heavy atom. The fraction of sp³-hybridized carbons (Fsp3) is 0.500. The van der Waals surface area contributed by atoms with Crippen LogP contribution in [-0.4, -0.2) is 27.5 Å². The fourth-order valence-electron chi connectivity index (χ4n) is 2.32. The van der Waals surface area contributed by atoms with E-state index in [9.17, 15) is 9.90 Å². The number of hydrogen-bond donors (Lipinski definition) is 2. The molecule has 0 atom stereocenters. The smallest absolute Gasteiger partial charge is 0.335 e. The molecule has 0 radical (unpaired) electrons. The molecule has 3 nitrogen and oxygen atoms in total. The van der Waals surface area contributed by atoms with Gasteiger partial charge in [-0.1, -0.05) is 18.9 Å². The Bertz CT molecular complexity index is 450. The Labute approximate surface area is 111 Å². The highest BCUT2D eigenvalue weighted by Gasteiger charge is 2.30. The van der Waals surface area contributed by atoms with E-state index >= 15 is 0 Å². The molecule has 1 aliphatic carbocycles. The summed E-state index contributed by atoms with van der Waals surface area (Å²) in [7, 11) is 0. The zero-order chi connectivity index (χ0) is 13.2. The molecule has 1 aromatic rings. The van der Waals surface area contributed by atoms with Crippen molar-refractivity contribution in [2.24, 2.45) is 0 Å². The van der Waals surface area contributed by atoms with E-state index in [1.54, 1.807) is 24.8 Å². The Kier molecular flexibility index (Phi) is 3.97. The zero-order valence-electron chi connectivity index (χ0n) is 10.5. The number of benzene rings is 1. The maximum Gasteiger partial charge on any atom is 0.335 e. The molecule has 2 rings (SSSR count). The zero-order valence-corrected chi connectivity index (χ0v) is 11.3. The van der Waals surface area contributed by atoms with Gasteiger partial charge in [0.05, 0.1) is 11.2 Å². The average Bonchev–Trinajstić information content (AvgIpc) is 2.75. The first-order chi connectivity index (χ1) is 8.50. The van der Waals surface area contributed by atoms with Crippen molar-refractivity contribution in [1.82, 2.24) is 0 Å². The van der Waals surface area contributed by atoms with Crippen molar-refractivity contribution in [2.75, 3.05) is 5.75 Å². The summed E-state index contributed by atoms with van der Waals surface area (Å²) in [5.74, 6) is -0.246. The molecule has 0 unspecified atom stereocenters. The van der Waals surface area contributed by atoms with E-state index in [0.29, 0.717) is 11.3 Å². The molecular weight excluding hydrogens is 248 g/mol. The molecule has 18 heavy (non-hydrogen) atoms. The highest BCUT2D eigenvalue weighted by Crippen LogP contribution is 2.35. The van der Waals surface area contributed by atoms with Gasteiger partial charge in [0.1, 0.15) is 0 Å². The lowest BCUT2D eigenvalue weighted by atomic mass is 10.1. The summed E-state index contributed by atoms with van der Waals surface area (Å²) in [6.45, 7) is 1.79. The second-order valence-corrected chi connectivity index (χ2v) is 6.05. The molecule has 0 bridgehead atoms. The molecule has 0 aromatic heterocycles. The van der Waals surface area contributed by atoms with Crippen molar-refractivity contribution < 1.29 is 15.0 Å². The van der Waals surface area contributed by atoms with Crippen molar-refractivity contribution >= 4 is 17.7 Å². The summed E-state index contributed by atoms with van der Waals surface area (Å²) in [6.07, 6.45) is 3.89. The first-order valence-electron chi connectivity index (χ1n) is 6.19. The van der Waals surface area contributed by atoms with Crippen LogP contribution in [0.2, 0.25) is 0 Å². The SMILES string of the molecule is Cc1ccc(SCC2(O)CCCC2)cc1C(=O)O. The Balaban J connectivity index is 2.05. The lowest BCUT2D eigenvalue weighted by molar-refractivity contribution is 0.0695. The van der Waals surface area contributed by atoms with Gasteiger partial charge in [0.25, 0.3) is 0 Å². The first-order valence-corrected chi connectivity index (χ1v) is 7.18. The van der Waals surface area contributed by atoms with Crippen LogP contribution in [0.25, 0.3) is 0 Å². The minimum Gasteiger partial charge on any atom is -0.478 e. The van der Waals surface area contributed by atoms with E-state index in [1.165, 1.54) is 0 Å².